The van der Waals surface area contributed by atoms with E-state index in [9.17, 15) is 0 Å². The second-order valence-corrected chi connectivity index (χ2v) is 3.13. The summed E-state index contributed by atoms with van der Waals surface area (Å²) in [7, 11) is 0. The van der Waals surface area contributed by atoms with Gasteiger partial charge in [-0.25, -0.2) is 15.0 Å². The molecule has 0 saturated heterocycles. The molecule has 2 aliphatic rings. The van der Waals surface area contributed by atoms with E-state index in [1.165, 1.54) is 12.7 Å². The zero-order valence-corrected chi connectivity index (χ0v) is 9.37. The van der Waals surface area contributed by atoms with Gasteiger partial charge in [-0.3, -0.25) is 4.68 Å². The molecule has 5 nitrogen and oxygen atoms in total. The summed E-state index contributed by atoms with van der Waals surface area (Å²) in [5.41, 5.74) is 4.03. The van der Waals surface area contributed by atoms with E-state index in [2.05, 4.69) is 27.3 Å². The molecule has 2 aliphatic heterocycles. The normalized spacial score (nSPS) is 9.93. The van der Waals surface area contributed by atoms with Crippen molar-refractivity contribution in [2.24, 2.45) is 0 Å². The van der Waals surface area contributed by atoms with Crippen molar-refractivity contribution < 1.29 is 0 Å². The number of nitrogens with zero attached hydrogens (tertiary/aromatic N) is 4. The van der Waals surface area contributed by atoms with E-state index in [0.29, 0.717) is 5.82 Å². The Hall–Kier alpha value is -1.36. The number of hydrogen-bond acceptors (Lipinski definition) is 4. The van der Waals surface area contributed by atoms with Crippen molar-refractivity contribution in [1.29, 1.82) is 0 Å². The third kappa shape index (κ3) is 2.79. The van der Waals surface area contributed by atoms with Crippen LogP contribution in [0.1, 0.15) is 19.8 Å². The Kier molecular flexibility index (Phi) is 4.30. The molecule has 1 N–H and O–H groups in total. The van der Waals surface area contributed by atoms with Gasteiger partial charge >= 0.3 is 0 Å². The van der Waals surface area contributed by atoms with Crippen molar-refractivity contribution in [2.45, 2.75) is 19.8 Å². The number of nitrogens with one attached hydrogen (secondary N) is 1. The second-order valence-electron chi connectivity index (χ2n) is 3.13. The second kappa shape index (κ2) is 5.50. The van der Waals surface area contributed by atoms with Crippen LogP contribution in [0.15, 0.2) is 18.9 Å². The van der Waals surface area contributed by atoms with E-state index in [4.69, 9.17) is 0 Å². The van der Waals surface area contributed by atoms with Crippen LogP contribution in [0, 0.1) is 0 Å². The first kappa shape index (κ1) is 11.7. The summed E-state index contributed by atoms with van der Waals surface area (Å²) < 4.78 is 1.83. The number of hydrogen-bond donors (Lipinski definition) is 1. The van der Waals surface area contributed by atoms with Gasteiger partial charge in [0.05, 0.1) is 6.20 Å². The number of fused-ring (bicyclic) bond motifs is 1. The number of rotatable bonds is 4. The summed E-state index contributed by atoms with van der Waals surface area (Å²) in [4.78, 5) is 12.2. The summed E-state index contributed by atoms with van der Waals surface area (Å²) >= 11 is 0. The molecule has 0 atom stereocenters. The Morgan fingerprint density at radius 3 is 3.00 bits per heavy atom. The molecule has 0 aromatic carbocycles. The minimum atomic E-state index is 0. The lowest BCUT2D eigenvalue weighted by atomic mass is 10.3. The molecule has 2 rings (SSSR count). The number of imidazole rings is 1. The van der Waals surface area contributed by atoms with Gasteiger partial charge < -0.3 is 5.43 Å². The SMILES string of the molecule is CCCCNn1cnc2ncnc-2c1.Cl. The lowest BCUT2D eigenvalue weighted by molar-refractivity contribution is 0.738. The predicted octanol–water partition coefficient (Wildman–Crippen LogP) is 1.54. The summed E-state index contributed by atoms with van der Waals surface area (Å²) in [6.45, 7) is 3.11. The topological polar surface area (TPSA) is 55.6 Å². The molecule has 0 bridgehead atoms. The minimum absolute atomic E-state index is 0. The molecule has 0 unspecified atom stereocenters. The van der Waals surface area contributed by atoms with E-state index in [-0.39, 0.29) is 12.4 Å². The minimum Gasteiger partial charge on any atom is -0.325 e. The number of aromatic nitrogens is 4. The van der Waals surface area contributed by atoms with Crippen molar-refractivity contribution in [3.05, 3.63) is 18.9 Å². The monoisotopic (exact) mass is 227 g/mol. The third-order valence-electron chi connectivity index (χ3n) is 2.00. The van der Waals surface area contributed by atoms with Gasteiger partial charge in [0.15, 0.2) is 5.82 Å². The molecule has 0 saturated carbocycles. The Bertz CT molecular complexity index is 375. The van der Waals surface area contributed by atoms with Crippen LogP contribution in [0.2, 0.25) is 0 Å². The standard InChI is InChI=1S/C9H13N5.ClH/c1-2-3-4-13-14-5-8-9(12-7-14)11-6-10-8;/h5-7,13H,2-4H2,1H3;1H. The van der Waals surface area contributed by atoms with Crippen LogP contribution in [-0.2, 0) is 0 Å². The third-order valence-corrected chi connectivity index (χ3v) is 2.00. The van der Waals surface area contributed by atoms with Crippen molar-refractivity contribution in [3.63, 3.8) is 0 Å². The molecule has 0 aromatic rings. The number of unbranched alkanes of at least 4 members (excludes halogenated alkanes) is 1. The van der Waals surface area contributed by atoms with Gasteiger partial charge in [-0.15, -0.1) is 12.4 Å². The van der Waals surface area contributed by atoms with Crippen LogP contribution in [0.4, 0.5) is 0 Å². The molecule has 0 radical (unpaired) electrons. The molecule has 0 aromatic heterocycles. The maximum Gasteiger partial charge on any atom is 0.182 e. The van der Waals surface area contributed by atoms with E-state index in [1.807, 2.05) is 10.9 Å². The highest BCUT2D eigenvalue weighted by Crippen LogP contribution is 2.10. The van der Waals surface area contributed by atoms with E-state index in [1.54, 1.807) is 6.33 Å². The molecular weight excluding hydrogens is 214 g/mol. The van der Waals surface area contributed by atoms with Gasteiger partial charge in [-0.1, -0.05) is 13.3 Å². The first-order chi connectivity index (χ1) is 6.90. The number of halogens is 1. The van der Waals surface area contributed by atoms with Crippen LogP contribution in [0.3, 0.4) is 0 Å². The van der Waals surface area contributed by atoms with Gasteiger partial charge in [-0.2, -0.15) is 0 Å². The maximum atomic E-state index is 4.15. The predicted molar refractivity (Wildman–Crippen MR) is 60.8 cm³/mol. The van der Waals surface area contributed by atoms with Gasteiger partial charge in [0.2, 0.25) is 0 Å². The van der Waals surface area contributed by atoms with Crippen LogP contribution < -0.4 is 5.43 Å². The molecule has 6 heteroatoms. The van der Waals surface area contributed by atoms with Crippen molar-refractivity contribution >= 4 is 12.4 Å². The smallest absolute Gasteiger partial charge is 0.182 e. The molecule has 0 spiro atoms. The van der Waals surface area contributed by atoms with Crippen LogP contribution in [0.25, 0.3) is 11.5 Å². The largest absolute Gasteiger partial charge is 0.325 e. The van der Waals surface area contributed by atoms with Crippen LogP contribution in [-0.4, -0.2) is 26.2 Å². The van der Waals surface area contributed by atoms with Crippen molar-refractivity contribution in [3.8, 4) is 11.5 Å². The Morgan fingerprint density at radius 2 is 2.20 bits per heavy atom. The average molecular weight is 228 g/mol. The highest BCUT2D eigenvalue weighted by Gasteiger charge is 2.05. The maximum absolute atomic E-state index is 4.15. The van der Waals surface area contributed by atoms with E-state index < -0.39 is 0 Å². The Labute approximate surface area is 94.7 Å². The fraction of sp³-hybridized carbons (Fsp3) is 0.444. The van der Waals surface area contributed by atoms with E-state index in [0.717, 1.165) is 18.7 Å². The van der Waals surface area contributed by atoms with Crippen molar-refractivity contribution in [2.75, 3.05) is 12.0 Å². The molecular formula is C9H14ClN5. The summed E-state index contributed by atoms with van der Waals surface area (Å²) in [6, 6.07) is 0. The quantitative estimate of drug-likeness (QED) is 0.806. The lowest BCUT2D eigenvalue weighted by Gasteiger charge is -2.09. The van der Waals surface area contributed by atoms with Gasteiger partial charge in [-0.05, 0) is 6.42 Å². The summed E-state index contributed by atoms with van der Waals surface area (Å²) in [5, 5.41) is 0. The zero-order chi connectivity index (χ0) is 9.80. The average Bonchev–Trinajstić information content (AvgIpc) is 2.65. The first-order valence-electron chi connectivity index (χ1n) is 4.78. The van der Waals surface area contributed by atoms with Crippen LogP contribution >= 0.6 is 12.4 Å². The molecule has 82 valence electrons. The van der Waals surface area contributed by atoms with Gasteiger partial charge in [0.25, 0.3) is 0 Å². The van der Waals surface area contributed by atoms with Crippen molar-refractivity contribution in [1.82, 2.24) is 19.6 Å². The highest BCUT2D eigenvalue weighted by atomic mass is 35.5. The summed E-state index contributed by atoms with van der Waals surface area (Å²) in [6.07, 6.45) is 7.46. The zero-order valence-electron chi connectivity index (χ0n) is 8.55. The Morgan fingerprint density at radius 1 is 1.33 bits per heavy atom. The molecule has 0 aliphatic carbocycles. The van der Waals surface area contributed by atoms with E-state index >= 15 is 0 Å². The molecule has 15 heavy (non-hydrogen) atoms. The molecule has 0 fully saturated rings. The highest BCUT2D eigenvalue weighted by molar-refractivity contribution is 5.85. The fourth-order valence-electron chi connectivity index (χ4n) is 1.21. The Balaban J connectivity index is 0.00000112. The van der Waals surface area contributed by atoms with Gasteiger partial charge in [0, 0.05) is 6.54 Å². The van der Waals surface area contributed by atoms with Crippen LogP contribution in [0.5, 0.6) is 0 Å². The first-order valence-corrected chi connectivity index (χ1v) is 4.78. The molecule has 0 amide bonds. The molecule has 2 heterocycles. The lowest BCUT2D eigenvalue weighted by Crippen LogP contribution is -2.16. The fourth-order valence-corrected chi connectivity index (χ4v) is 1.21. The summed E-state index contributed by atoms with van der Waals surface area (Å²) in [5.74, 6) is 0.693. The van der Waals surface area contributed by atoms with Gasteiger partial charge in [0.1, 0.15) is 18.3 Å².